The lowest BCUT2D eigenvalue weighted by Gasteiger charge is -2.06. The van der Waals surface area contributed by atoms with Gasteiger partial charge in [-0.2, -0.15) is 5.26 Å². The highest BCUT2D eigenvalue weighted by molar-refractivity contribution is 7.23. The first-order valence-electron chi connectivity index (χ1n) is 7.39. The summed E-state index contributed by atoms with van der Waals surface area (Å²) in [6, 6.07) is 19.7. The number of thiophene rings is 1. The number of hydrogen-bond donors (Lipinski definition) is 0. The Morgan fingerprint density at radius 2 is 1.83 bits per heavy atom. The molecule has 0 atom stereocenters. The monoisotopic (exact) mass is 346 g/mol. The van der Waals surface area contributed by atoms with Crippen molar-refractivity contribution >= 4 is 33.0 Å². The van der Waals surface area contributed by atoms with Gasteiger partial charge in [0.2, 0.25) is 0 Å². The summed E-state index contributed by atoms with van der Waals surface area (Å²) in [4.78, 5) is 5.44. The van der Waals surface area contributed by atoms with Crippen molar-refractivity contribution in [1.29, 1.82) is 5.26 Å². The van der Waals surface area contributed by atoms with Crippen LogP contribution in [-0.4, -0.2) is 4.98 Å². The molecule has 0 amide bonds. The average Bonchev–Trinajstić information content (AvgIpc) is 3.01. The topological polar surface area (TPSA) is 36.7 Å². The quantitative estimate of drug-likeness (QED) is 0.436. The van der Waals surface area contributed by atoms with E-state index in [9.17, 15) is 0 Å². The Bertz CT molecular complexity index is 1070. The van der Waals surface area contributed by atoms with E-state index in [2.05, 4.69) is 17.1 Å². The van der Waals surface area contributed by atoms with Crippen LogP contribution in [0.5, 0.6) is 0 Å². The number of aromatic nitrogens is 1. The van der Waals surface area contributed by atoms with Gasteiger partial charge in [-0.15, -0.1) is 11.3 Å². The Kier molecular flexibility index (Phi) is 3.78. The zero-order valence-electron chi connectivity index (χ0n) is 12.5. The highest BCUT2D eigenvalue weighted by atomic mass is 35.5. The number of pyridine rings is 1. The summed E-state index contributed by atoms with van der Waals surface area (Å²) >= 11 is 7.93. The fourth-order valence-electron chi connectivity index (χ4n) is 2.77. The molecule has 0 spiro atoms. The largest absolute Gasteiger partial charge is 0.264 e. The summed E-state index contributed by atoms with van der Waals surface area (Å²) in [7, 11) is 0. The molecule has 0 saturated carbocycles. The van der Waals surface area contributed by atoms with E-state index < -0.39 is 0 Å². The minimum Gasteiger partial charge on any atom is -0.264 e. The minimum absolute atomic E-state index is 0.658. The van der Waals surface area contributed by atoms with Crippen LogP contribution in [0.15, 0.2) is 67.0 Å². The van der Waals surface area contributed by atoms with Crippen LogP contribution in [0.4, 0.5) is 0 Å². The molecule has 24 heavy (non-hydrogen) atoms. The van der Waals surface area contributed by atoms with E-state index in [-0.39, 0.29) is 0 Å². The zero-order chi connectivity index (χ0) is 16.5. The number of hydrogen-bond acceptors (Lipinski definition) is 3. The normalized spacial score (nSPS) is 10.7. The summed E-state index contributed by atoms with van der Waals surface area (Å²) in [5.41, 5.74) is 3.95. The van der Waals surface area contributed by atoms with E-state index in [0.29, 0.717) is 10.6 Å². The highest BCUT2D eigenvalue weighted by Gasteiger charge is 2.16. The predicted molar refractivity (Wildman–Crippen MR) is 100 cm³/mol. The third kappa shape index (κ3) is 2.56. The molecule has 0 N–H and O–H groups in total. The number of benzene rings is 2. The molecule has 0 radical (unpaired) electrons. The first kappa shape index (κ1) is 14.9. The lowest BCUT2D eigenvalue weighted by molar-refractivity contribution is 1.37. The Morgan fingerprint density at radius 1 is 1.00 bits per heavy atom. The van der Waals surface area contributed by atoms with Crippen LogP contribution >= 0.6 is 22.9 Å². The molecule has 114 valence electrons. The predicted octanol–water partition coefficient (Wildman–Crippen LogP) is 6.16. The van der Waals surface area contributed by atoms with Gasteiger partial charge < -0.3 is 0 Å². The second-order valence-corrected chi connectivity index (χ2v) is 6.87. The van der Waals surface area contributed by atoms with Crippen molar-refractivity contribution in [2.45, 2.75) is 0 Å². The van der Waals surface area contributed by atoms with E-state index in [1.165, 1.54) is 4.70 Å². The van der Waals surface area contributed by atoms with Gasteiger partial charge in [0.25, 0.3) is 0 Å². The molecule has 0 aliphatic carbocycles. The maximum atomic E-state index is 9.01. The van der Waals surface area contributed by atoms with Crippen molar-refractivity contribution in [2.24, 2.45) is 0 Å². The summed E-state index contributed by atoms with van der Waals surface area (Å²) in [6.07, 6.45) is 3.71. The summed E-state index contributed by atoms with van der Waals surface area (Å²) in [5, 5.41) is 10.8. The van der Waals surface area contributed by atoms with E-state index in [0.717, 1.165) is 27.0 Å². The van der Waals surface area contributed by atoms with Crippen LogP contribution in [0, 0.1) is 11.3 Å². The zero-order valence-corrected chi connectivity index (χ0v) is 14.1. The number of nitrogens with zero attached hydrogens (tertiary/aromatic N) is 2. The number of fused-ring (bicyclic) bond motifs is 1. The first-order valence-corrected chi connectivity index (χ1v) is 8.59. The molecule has 0 bridgehead atoms. The van der Waals surface area contributed by atoms with Crippen molar-refractivity contribution in [3.63, 3.8) is 0 Å². The van der Waals surface area contributed by atoms with Crippen molar-refractivity contribution < 1.29 is 0 Å². The van der Waals surface area contributed by atoms with Crippen molar-refractivity contribution in [3.05, 3.63) is 77.6 Å². The molecule has 2 aromatic heterocycles. The van der Waals surface area contributed by atoms with E-state index in [1.807, 2.05) is 60.9 Å². The lowest BCUT2D eigenvalue weighted by Crippen LogP contribution is -1.82. The van der Waals surface area contributed by atoms with Gasteiger partial charge in [0.1, 0.15) is 0 Å². The molecule has 4 rings (SSSR count). The maximum absolute atomic E-state index is 9.01. The van der Waals surface area contributed by atoms with Gasteiger partial charge in [0, 0.05) is 37.9 Å². The number of rotatable bonds is 2. The molecule has 0 aliphatic heterocycles. The second-order valence-electron chi connectivity index (χ2n) is 5.38. The van der Waals surface area contributed by atoms with Gasteiger partial charge in [0.15, 0.2) is 0 Å². The summed E-state index contributed by atoms with van der Waals surface area (Å²) < 4.78 is 1.18. The highest BCUT2D eigenvalue weighted by Crippen LogP contribution is 2.44. The van der Waals surface area contributed by atoms with Crippen molar-refractivity contribution in [2.75, 3.05) is 0 Å². The number of halogens is 1. The van der Waals surface area contributed by atoms with Gasteiger partial charge in [-0.25, -0.2) is 0 Å². The Hall–Kier alpha value is -2.67. The Balaban J connectivity index is 2.01. The van der Waals surface area contributed by atoms with E-state index in [1.54, 1.807) is 11.3 Å². The third-order valence-corrected chi connectivity index (χ3v) is 5.33. The van der Waals surface area contributed by atoms with Crippen molar-refractivity contribution in [1.82, 2.24) is 4.98 Å². The molecule has 2 aromatic carbocycles. The van der Waals surface area contributed by atoms with Crippen LogP contribution in [0.3, 0.4) is 0 Å². The fraction of sp³-hybridized carbons (Fsp3) is 0. The first-order chi connectivity index (χ1) is 11.8. The standard InChI is InChI=1S/C20H11ClN2S/c21-16-3-1-2-15(10-16)19-17-12-23-9-8-18(17)24-20(19)14-6-4-13(11-22)5-7-14/h1-10,12H. The summed E-state index contributed by atoms with van der Waals surface area (Å²) in [5.74, 6) is 0. The van der Waals surface area contributed by atoms with E-state index >= 15 is 0 Å². The van der Waals surface area contributed by atoms with Crippen LogP contribution < -0.4 is 0 Å². The number of nitriles is 1. The molecule has 0 unspecified atom stereocenters. The van der Waals surface area contributed by atoms with Crippen LogP contribution in [0.25, 0.3) is 31.7 Å². The molecule has 2 nitrogen and oxygen atoms in total. The van der Waals surface area contributed by atoms with Gasteiger partial charge >= 0.3 is 0 Å². The molecule has 4 aromatic rings. The lowest BCUT2D eigenvalue weighted by atomic mass is 9.99. The molecular weight excluding hydrogens is 336 g/mol. The van der Waals surface area contributed by atoms with Gasteiger partial charge in [-0.3, -0.25) is 4.98 Å². The SMILES string of the molecule is N#Cc1ccc(-c2sc3ccncc3c2-c2cccc(Cl)c2)cc1. The molecule has 2 heterocycles. The van der Waals surface area contributed by atoms with Crippen LogP contribution in [0.2, 0.25) is 5.02 Å². The van der Waals surface area contributed by atoms with Crippen LogP contribution in [0.1, 0.15) is 5.56 Å². The molecule has 0 fully saturated rings. The smallest absolute Gasteiger partial charge is 0.0991 e. The Morgan fingerprint density at radius 3 is 2.58 bits per heavy atom. The summed E-state index contributed by atoms with van der Waals surface area (Å²) in [6.45, 7) is 0. The molecule has 4 heteroatoms. The van der Waals surface area contributed by atoms with Gasteiger partial charge in [-0.05, 0) is 41.5 Å². The Labute approximate surface area is 148 Å². The molecule has 0 aliphatic rings. The van der Waals surface area contributed by atoms with Crippen molar-refractivity contribution in [3.8, 4) is 27.6 Å². The maximum Gasteiger partial charge on any atom is 0.0991 e. The van der Waals surface area contributed by atoms with Gasteiger partial charge in [0.05, 0.1) is 11.6 Å². The van der Waals surface area contributed by atoms with Gasteiger partial charge in [-0.1, -0.05) is 35.9 Å². The molecular formula is C20H11ClN2S. The minimum atomic E-state index is 0.658. The second kappa shape index (κ2) is 6.09. The molecule has 0 saturated heterocycles. The average molecular weight is 347 g/mol. The van der Waals surface area contributed by atoms with E-state index in [4.69, 9.17) is 16.9 Å². The van der Waals surface area contributed by atoms with Crippen LogP contribution in [-0.2, 0) is 0 Å². The third-order valence-electron chi connectivity index (χ3n) is 3.88. The fourth-order valence-corrected chi connectivity index (χ4v) is 4.16.